The molecule has 0 aliphatic heterocycles. The topological polar surface area (TPSA) is 40.1 Å². The van der Waals surface area contributed by atoms with E-state index in [0.717, 1.165) is 6.07 Å². The Morgan fingerprint density at radius 2 is 2.25 bits per heavy atom. The van der Waals surface area contributed by atoms with E-state index in [1.807, 2.05) is 0 Å². The second-order valence-electron chi connectivity index (χ2n) is 2.24. The zero-order valence-electron chi connectivity index (χ0n) is 5.96. The fraction of sp³-hybridized carbons (Fsp3) is 0.125. The quantitative estimate of drug-likeness (QED) is 0.714. The molecule has 0 radical (unpaired) electrons. The molecule has 0 bridgehead atoms. The molecular weight excluding hydrogens is 227 g/mol. The van der Waals surface area contributed by atoms with Gasteiger partial charge in [-0.05, 0) is 17.7 Å². The summed E-state index contributed by atoms with van der Waals surface area (Å²) >= 11 is 2.86. The normalized spacial score (nSPS) is 12.5. The van der Waals surface area contributed by atoms with Crippen molar-refractivity contribution < 1.29 is 14.3 Å². The molecule has 1 atom stereocenters. The van der Waals surface area contributed by atoms with Gasteiger partial charge in [-0.25, -0.2) is 4.39 Å². The van der Waals surface area contributed by atoms with E-state index in [0.29, 0.717) is 5.56 Å². The number of carbonyl (C=O) groups excluding carboxylic acids is 1. The first kappa shape index (κ1) is 9.19. The Morgan fingerprint density at radius 3 is 2.75 bits per heavy atom. The van der Waals surface area contributed by atoms with Gasteiger partial charge in [0.25, 0.3) is 0 Å². The third-order valence-electron chi connectivity index (χ3n) is 1.35. The van der Waals surface area contributed by atoms with E-state index in [1.54, 1.807) is 0 Å². The van der Waals surface area contributed by atoms with Gasteiger partial charge in [-0.15, -0.1) is 0 Å². The Labute approximate surface area is 77.2 Å². The molecule has 0 amide bonds. The number of benzene rings is 1. The van der Waals surface area contributed by atoms with Crippen LogP contribution in [0.2, 0.25) is 0 Å². The van der Waals surface area contributed by atoms with Crippen LogP contribution < -0.4 is 5.11 Å². The van der Waals surface area contributed by atoms with Crippen LogP contribution in [-0.2, 0) is 4.79 Å². The van der Waals surface area contributed by atoms with Crippen molar-refractivity contribution in [1.82, 2.24) is 0 Å². The predicted octanol–water partition coefficient (Wildman–Crippen LogP) is 1.01. The van der Waals surface area contributed by atoms with Crippen molar-refractivity contribution >= 4 is 21.9 Å². The Morgan fingerprint density at radius 1 is 1.58 bits per heavy atom. The molecule has 0 N–H and O–H groups in total. The molecule has 2 nitrogen and oxygen atoms in total. The maximum atomic E-state index is 12.6. The molecular formula is C8H5BrFO2-. The highest BCUT2D eigenvalue weighted by Crippen LogP contribution is 2.21. The molecule has 0 fully saturated rings. The molecule has 0 aliphatic rings. The van der Waals surface area contributed by atoms with Gasteiger partial charge in [0, 0.05) is 0 Å². The minimum Gasteiger partial charge on any atom is -0.549 e. The summed E-state index contributed by atoms with van der Waals surface area (Å²) in [6.45, 7) is 0. The Balaban J connectivity index is 2.95. The first-order valence-electron chi connectivity index (χ1n) is 3.21. The van der Waals surface area contributed by atoms with Gasteiger partial charge in [0.1, 0.15) is 5.82 Å². The van der Waals surface area contributed by atoms with Gasteiger partial charge in [-0.3, -0.25) is 0 Å². The van der Waals surface area contributed by atoms with Crippen LogP contribution >= 0.6 is 15.9 Å². The molecule has 12 heavy (non-hydrogen) atoms. The standard InChI is InChI=1S/C8H6BrFO2/c9-7(8(11)12)5-2-1-3-6(10)4-5/h1-4,7H,(H,11,12)/p-1. The SMILES string of the molecule is O=C([O-])C(Br)c1cccc(F)c1. The lowest BCUT2D eigenvalue weighted by Crippen LogP contribution is -2.26. The smallest absolute Gasteiger partial charge is 0.123 e. The van der Waals surface area contributed by atoms with Crippen molar-refractivity contribution in [3.63, 3.8) is 0 Å². The number of aliphatic carboxylic acids is 1. The first-order chi connectivity index (χ1) is 5.61. The number of carboxylic acids is 1. The van der Waals surface area contributed by atoms with E-state index in [-0.39, 0.29) is 0 Å². The summed E-state index contributed by atoms with van der Waals surface area (Å²) in [5, 5.41) is 10.3. The van der Waals surface area contributed by atoms with E-state index in [9.17, 15) is 14.3 Å². The number of hydrogen-bond donors (Lipinski definition) is 0. The Kier molecular flexibility index (Phi) is 2.81. The molecule has 1 unspecified atom stereocenters. The summed E-state index contributed by atoms with van der Waals surface area (Å²) in [6.07, 6.45) is 0. The summed E-state index contributed by atoms with van der Waals surface area (Å²) in [6, 6.07) is 5.36. The predicted molar refractivity (Wildman–Crippen MR) is 43.1 cm³/mol. The van der Waals surface area contributed by atoms with E-state index >= 15 is 0 Å². The number of halogens is 2. The lowest BCUT2D eigenvalue weighted by Gasteiger charge is -2.10. The summed E-state index contributed by atoms with van der Waals surface area (Å²) in [4.78, 5) is 9.38. The molecule has 1 aromatic rings. The maximum absolute atomic E-state index is 12.6. The fourth-order valence-corrected chi connectivity index (χ4v) is 1.09. The Bertz CT molecular complexity index is 301. The lowest BCUT2D eigenvalue weighted by molar-refractivity contribution is -0.304. The van der Waals surface area contributed by atoms with E-state index < -0.39 is 16.6 Å². The second kappa shape index (κ2) is 3.67. The van der Waals surface area contributed by atoms with Crippen LogP contribution in [0, 0.1) is 5.82 Å². The van der Waals surface area contributed by atoms with Crippen LogP contribution in [0.15, 0.2) is 24.3 Å². The highest BCUT2D eigenvalue weighted by Gasteiger charge is 2.07. The van der Waals surface area contributed by atoms with Gasteiger partial charge in [0.2, 0.25) is 0 Å². The minimum absolute atomic E-state index is 0.343. The van der Waals surface area contributed by atoms with Gasteiger partial charge in [0.15, 0.2) is 0 Å². The number of carboxylic acid groups (broad SMARTS) is 1. The van der Waals surface area contributed by atoms with Crippen molar-refractivity contribution in [3.05, 3.63) is 35.6 Å². The molecule has 4 heteroatoms. The van der Waals surface area contributed by atoms with Crippen LogP contribution in [0.5, 0.6) is 0 Å². The van der Waals surface area contributed by atoms with E-state index in [1.165, 1.54) is 18.2 Å². The second-order valence-corrected chi connectivity index (χ2v) is 3.15. The largest absolute Gasteiger partial charge is 0.549 e. The average molecular weight is 232 g/mol. The minimum atomic E-state index is -1.28. The van der Waals surface area contributed by atoms with Crippen molar-refractivity contribution in [2.75, 3.05) is 0 Å². The number of carbonyl (C=O) groups is 1. The van der Waals surface area contributed by atoms with E-state index in [4.69, 9.17) is 0 Å². The summed E-state index contributed by atoms with van der Waals surface area (Å²) in [5.74, 6) is -1.74. The van der Waals surface area contributed by atoms with Crippen LogP contribution in [0.4, 0.5) is 4.39 Å². The molecule has 0 saturated heterocycles. The highest BCUT2D eigenvalue weighted by molar-refractivity contribution is 9.09. The van der Waals surface area contributed by atoms with Gasteiger partial charge < -0.3 is 9.90 Å². The number of alkyl halides is 1. The molecule has 0 heterocycles. The molecule has 1 aromatic carbocycles. The van der Waals surface area contributed by atoms with Crippen LogP contribution in [0.25, 0.3) is 0 Å². The van der Waals surface area contributed by atoms with Crippen molar-refractivity contribution in [2.45, 2.75) is 4.83 Å². The number of hydrogen-bond acceptors (Lipinski definition) is 2. The van der Waals surface area contributed by atoms with Gasteiger partial charge in [-0.1, -0.05) is 28.1 Å². The van der Waals surface area contributed by atoms with Gasteiger partial charge in [0.05, 0.1) is 10.8 Å². The Hall–Kier alpha value is -0.900. The van der Waals surface area contributed by atoms with Crippen molar-refractivity contribution in [3.8, 4) is 0 Å². The molecule has 64 valence electrons. The van der Waals surface area contributed by atoms with Gasteiger partial charge in [-0.2, -0.15) is 0 Å². The molecule has 0 aliphatic carbocycles. The molecule has 0 spiro atoms. The monoisotopic (exact) mass is 231 g/mol. The van der Waals surface area contributed by atoms with Gasteiger partial charge >= 0.3 is 0 Å². The number of rotatable bonds is 2. The third-order valence-corrected chi connectivity index (χ3v) is 2.25. The highest BCUT2D eigenvalue weighted by atomic mass is 79.9. The summed E-state index contributed by atoms with van der Waals surface area (Å²) in [7, 11) is 0. The molecule has 0 aromatic heterocycles. The molecule has 0 saturated carbocycles. The summed E-state index contributed by atoms with van der Waals surface area (Å²) in [5.41, 5.74) is 0.343. The van der Waals surface area contributed by atoms with E-state index in [2.05, 4.69) is 15.9 Å². The zero-order chi connectivity index (χ0) is 9.14. The average Bonchev–Trinajstić information content (AvgIpc) is 2.03. The first-order valence-corrected chi connectivity index (χ1v) is 4.13. The zero-order valence-corrected chi connectivity index (χ0v) is 7.55. The fourth-order valence-electron chi connectivity index (χ4n) is 0.800. The van der Waals surface area contributed by atoms with Crippen LogP contribution in [0.1, 0.15) is 10.4 Å². The van der Waals surface area contributed by atoms with Crippen LogP contribution in [-0.4, -0.2) is 5.97 Å². The third kappa shape index (κ3) is 2.04. The van der Waals surface area contributed by atoms with Crippen LogP contribution in [0.3, 0.4) is 0 Å². The maximum Gasteiger partial charge on any atom is 0.123 e. The summed E-state index contributed by atoms with van der Waals surface area (Å²) < 4.78 is 12.6. The van der Waals surface area contributed by atoms with Crippen molar-refractivity contribution in [2.24, 2.45) is 0 Å². The lowest BCUT2D eigenvalue weighted by atomic mass is 10.1. The molecule has 1 rings (SSSR count). The van der Waals surface area contributed by atoms with Crippen molar-refractivity contribution in [1.29, 1.82) is 0 Å².